The molecule has 0 spiro atoms. The summed E-state index contributed by atoms with van der Waals surface area (Å²) in [6, 6.07) is 24.2. The van der Waals surface area contributed by atoms with Gasteiger partial charge in [0.1, 0.15) is 4.90 Å². The second kappa shape index (κ2) is 11.0. The topological polar surface area (TPSA) is 43.6 Å². The Hall–Kier alpha value is -4.16. The molecule has 45 heavy (non-hydrogen) atoms. The zero-order valence-electron chi connectivity index (χ0n) is 27.7. The van der Waals surface area contributed by atoms with Crippen molar-refractivity contribution in [1.29, 1.82) is 0 Å². The van der Waals surface area contributed by atoms with Crippen molar-refractivity contribution in [2.75, 3.05) is 30.9 Å². The van der Waals surface area contributed by atoms with Crippen LogP contribution in [0.5, 0.6) is 0 Å². The molecular formula is C39H44N3O2S+. The molecule has 3 aromatic carbocycles. The van der Waals surface area contributed by atoms with Crippen LogP contribution in [0.25, 0.3) is 0 Å². The summed E-state index contributed by atoms with van der Waals surface area (Å²) in [6.45, 7) is 11.0. The minimum atomic E-state index is -3.78. The van der Waals surface area contributed by atoms with Crippen LogP contribution in [0.4, 0.5) is 11.4 Å². The van der Waals surface area contributed by atoms with Crippen molar-refractivity contribution in [1.82, 2.24) is 0 Å². The Morgan fingerprint density at radius 1 is 0.667 bits per heavy atom. The maximum absolute atomic E-state index is 14.1. The van der Waals surface area contributed by atoms with E-state index in [2.05, 4.69) is 124 Å². The summed E-state index contributed by atoms with van der Waals surface area (Å²) in [7, 11) is 2.14. The highest BCUT2D eigenvalue weighted by Gasteiger charge is 2.40. The van der Waals surface area contributed by atoms with Gasteiger partial charge in [-0.3, -0.25) is 0 Å². The first kappa shape index (κ1) is 30.8. The third kappa shape index (κ3) is 5.00. The number of aryl methyl sites for hydroxylation is 1. The molecule has 5 nitrogen and oxygen atoms in total. The number of rotatable bonds is 4. The largest absolute Gasteiger partial charge is 0.395 e. The molecule has 0 radical (unpaired) electrons. The number of fused-ring (bicyclic) bond motifs is 2. The van der Waals surface area contributed by atoms with Crippen molar-refractivity contribution in [2.45, 2.75) is 63.2 Å². The molecule has 0 saturated heterocycles. The van der Waals surface area contributed by atoms with Gasteiger partial charge in [0, 0.05) is 58.8 Å². The molecule has 0 atom stereocenters. The predicted octanol–water partition coefficient (Wildman–Crippen LogP) is 8.04. The third-order valence-corrected chi connectivity index (χ3v) is 11.8. The second-order valence-electron chi connectivity index (χ2n) is 13.5. The Kier molecular flexibility index (Phi) is 7.56. The number of hydrogen-bond donors (Lipinski definition) is 0. The molecule has 6 heteroatoms. The van der Waals surface area contributed by atoms with E-state index >= 15 is 0 Å². The first-order valence-electron chi connectivity index (χ1n) is 15.7. The van der Waals surface area contributed by atoms with Crippen molar-refractivity contribution in [3.8, 4) is 0 Å². The van der Waals surface area contributed by atoms with Crippen LogP contribution in [0.15, 0.2) is 125 Å². The summed E-state index contributed by atoms with van der Waals surface area (Å²) in [5.74, 6) is 0. The van der Waals surface area contributed by atoms with Gasteiger partial charge >= 0.3 is 10.0 Å². The molecule has 1 fully saturated rings. The first-order chi connectivity index (χ1) is 21.3. The van der Waals surface area contributed by atoms with Crippen LogP contribution < -0.4 is 9.80 Å². The fraction of sp³-hybridized carbons (Fsp3) is 0.308. The van der Waals surface area contributed by atoms with Gasteiger partial charge in [0.2, 0.25) is 5.71 Å². The third-order valence-electron chi connectivity index (χ3n) is 10.0. The minimum absolute atomic E-state index is 0.169. The first-order valence-corrected chi connectivity index (χ1v) is 17.1. The van der Waals surface area contributed by atoms with E-state index in [4.69, 9.17) is 0 Å². The van der Waals surface area contributed by atoms with Gasteiger partial charge < -0.3 is 9.80 Å². The Morgan fingerprint density at radius 2 is 1.09 bits per heavy atom. The highest BCUT2D eigenvalue weighted by Crippen LogP contribution is 2.48. The van der Waals surface area contributed by atoms with Crippen LogP contribution in [0.1, 0.15) is 57.2 Å². The highest BCUT2D eigenvalue weighted by atomic mass is 32.2. The van der Waals surface area contributed by atoms with E-state index < -0.39 is 10.0 Å². The number of likely N-dealkylation sites (N-methyl/N-ethyl adjacent to an activating group) is 2. The average Bonchev–Trinajstić information content (AvgIpc) is 3.57. The molecule has 1 saturated carbocycles. The molecule has 3 aromatic rings. The van der Waals surface area contributed by atoms with Gasteiger partial charge in [0.05, 0.1) is 0 Å². The van der Waals surface area contributed by atoms with Crippen molar-refractivity contribution in [2.24, 2.45) is 0 Å². The fourth-order valence-corrected chi connectivity index (χ4v) is 8.66. The zero-order valence-corrected chi connectivity index (χ0v) is 28.5. The smallest absolute Gasteiger partial charge is 0.347 e. The number of anilines is 2. The molecule has 2 aliphatic heterocycles. The molecule has 0 amide bonds. The van der Waals surface area contributed by atoms with Gasteiger partial charge in [-0.25, -0.2) is 0 Å². The number of sulfonamides is 1. The van der Waals surface area contributed by atoms with Gasteiger partial charge in [-0.1, -0.05) is 93.9 Å². The SMILES string of the molecule is Cc1ccc(S(=O)(=O)[N+](C)=C2/C(=C/C=C3/N(C)c4ccccc4C3(C)C)CC/C2=C\C=C2\N(C)c3ccccc3C2(C)C)cc1. The molecule has 2 heterocycles. The van der Waals surface area contributed by atoms with E-state index in [1.165, 1.54) is 37.9 Å². The maximum Gasteiger partial charge on any atom is 0.395 e. The molecule has 6 rings (SSSR count). The van der Waals surface area contributed by atoms with Crippen molar-refractivity contribution in [3.63, 3.8) is 0 Å². The van der Waals surface area contributed by atoms with Crippen LogP contribution in [-0.2, 0) is 20.9 Å². The van der Waals surface area contributed by atoms with E-state index in [0.29, 0.717) is 4.90 Å². The molecule has 3 aliphatic rings. The van der Waals surface area contributed by atoms with Gasteiger partial charge in [-0.15, -0.1) is 3.98 Å². The Balaban J connectivity index is 1.48. The van der Waals surface area contributed by atoms with Crippen LogP contribution in [-0.4, -0.2) is 39.3 Å². The van der Waals surface area contributed by atoms with Crippen molar-refractivity contribution in [3.05, 3.63) is 136 Å². The number of para-hydroxylation sites is 2. The lowest BCUT2D eigenvalue weighted by Crippen LogP contribution is -2.26. The Labute approximate surface area is 269 Å². The van der Waals surface area contributed by atoms with E-state index in [9.17, 15) is 8.42 Å². The maximum atomic E-state index is 14.1. The zero-order chi connectivity index (χ0) is 32.3. The standard InChI is InChI=1S/C39H44N3O2S/c1-27-17-23-30(24-18-27)45(43,44)42(8)37-28(21-25-35-38(2,3)31-13-9-11-15-33(31)40(35)6)19-20-29(37)22-26-36-39(4,5)32-14-10-12-16-34(32)41(36)7/h9-18,21-26H,19-20H2,1-8H3/q+1. The van der Waals surface area contributed by atoms with Crippen molar-refractivity contribution >= 4 is 27.1 Å². The average molecular weight is 619 g/mol. The Morgan fingerprint density at radius 3 is 1.51 bits per heavy atom. The van der Waals surface area contributed by atoms with Gasteiger partial charge in [0.25, 0.3) is 0 Å². The fourth-order valence-electron chi connectivity index (χ4n) is 7.39. The van der Waals surface area contributed by atoms with Gasteiger partial charge in [-0.05, 0) is 67.3 Å². The minimum Gasteiger partial charge on any atom is -0.347 e. The summed E-state index contributed by atoms with van der Waals surface area (Å²) >= 11 is 0. The predicted molar refractivity (Wildman–Crippen MR) is 187 cm³/mol. The molecule has 232 valence electrons. The summed E-state index contributed by atoms with van der Waals surface area (Å²) in [4.78, 5) is 4.81. The molecule has 0 N–H and O–H groups in total. The van der Waals surface area contributed by atoms with E-state index in [1.807, 2.05) is 19.1 Å². The second-order valence-corrected chi connectivity index (χ2v) is 15.5. The number of nitrogens with zero attached hydrogens (tertiary/aromatic N) is 3. The van der Waals surface area contributed by atoms with Crippen molar-refractivity contribution < 1.29 is 12.4 Å². The number of benzene rings is 3. The van der Waals surface area contributed by atoms with Gasteiger partial charge in [0.15, 0.2) is 7.05 Å². The lowest BCUT2D eigenvalue weighted by Gasteiger charge is -2.24. The van der Waals surface area contributed by atoms with E-state index in [-0.39, 0.29) is 10.8 Å². The monoisotopic (exact) mass is 618 g/mol. The number of hydrogen-bond acceptors (Lipinski definition) is 4. The lowest BCUT2D eigenvalue weighted by molar-refractivity contribution is -0.325. The highest BCUT2D eigenvalue weighted by molar-refractivity contribution is 7.85. The van der Waals surface area contributed by atoms with E-state index in [0.717, 1.165) is 35.3 Å². The normalized spacial score (nSPS) is 22.2. The van der Waals surface area contributed by atoms with Crippen LogP contribution in [0.2, 0.25) is 0 Å². The van der Waals surface area contributed by atoms with Crippen LogP contribution in [0.3, 0.4) is 0 Å². The summed E-state index contributed by atoms with van der Waals surface area (Å²) < 4.78 is 29.6. The summed E-state index contributed by atoms with van der Waals surface area (Å²) in [5.41, 5.74) is 10.9. The van der Waals surface area contributed by atoms with Gasteiger partial charge in [-0.2, -0.15) is 8.42 Å². The lowest BCUT2D eigenvalue weighted by atomic mass is 9.83. The summed E-state index contributed by atoms with van der Waals surface area (Å²) in [6.07, 6.45) is 10.2. The Bertz CT molecular complexity index is 1860. The number of allylic oxidation sites excluding steroid dienone is 8. The van der Waals surface area contributed by atoms with E-state index in [1.54, 1.807) is 19.2 Å². The molecule has 0 bridgehead atoms. The molecule has 0 unspecified atom stereocenters. The van der Waals surface area contributed by atoms with Crippen LogP contribution in [0, 0.1) is 6.92 Å². The molecular weight excluding hydrogens is 575 g/mol. The molecule has 0 aromatic heterocycles. The molecule has 1 aliphatic carbocycles. The summed E-state index contributed by atoms with van der Waals surface area (Å²) in [5, 5.41) is 0. The van der Waals surface area contributed by atoms with Crippen LogP contribution >= 0.6 is 0 Å². The quantitative estimate of drug-likeness (QED) is 0.278.